The van der Waals surface area contributed by atoms with Gasteiger partial charge < -0.3 is 4.57 Å². The molecule has 5 heteroatoms. The zero-order chi connectivity index (χ0) is 13.1. The number of hydrogen-bond acceptors (Lipinski definition) is 2. The van der Waals surface area contributed by atoms with Crippen LogP contribution >= 0.6 is 15.9 Å². The SMILES string of the molecule is Cn1ccnc1CCC(=O)c1ccc(F)c(Br)c1. The van der Waals surface area contributed by atoms with Gasteiger partial charge in [-0.1, -0.05) is 0 Å². The maximum Gasteiger partial charge on any atom is 0.163 e. The van der Waals surface area contributed by atoms with Crippen molar-refractivity contribution in [3.05, 3.63) is 52.3 Å². The van der Waals surface area contributed by atoms with Gasteiger partial charge in [-0.15, -0.1) is 0 Å². The molecule has 0 fully saturated rings. The Morgan fingerprint density at radius 2 is 2.28 bits per heavy atom. The molecule has 94 valence electrons. The molecule has 0 aliphatic rings. The quantitative estimate of drug-likeness (QED) is 0.813. The summed E-state index contributed by atoms with van der Waals surface area (Å²) in [4.78, 5) is 16.1. The molecule has 0 saturated carbocycles. The Labute approximate surface area is 113 Å². The minimum atomic E-state index is -0.365. The van der Waals surface area contributed by atoms with Crippen LogP contribution in [-0.4, -0.2) is 15.3 Å². The number of aromatic nitrogens is 2. The molecule has 0 saturated heterocycles. The van der Waals surface area contributed by atoms with Crippen LogP contribution in [0, 0.1) is 5.82 Å². The van der Waals surface area contributed by atoms with Crippen LogP contribution in [0.25, 0.3) is 0 Å². The number of carbonyl (C=O) groups excluding carboxylic acids is 1. The summed E-state index contributed by atoms with van der Waals surface area (Å²) in [5, 5.41) is 0. The molecule has 0 radical (unpaired) electrons. The molecule has 2 rings (SSSR count). The fraction of sp³-hybridized carbons (Fsp3) is 0.231. The van der Waals surface area contributed by atoms with E-state index in [1.165, 1.54) is 18.2 Å². The first-order valence-corrected chi connectivity index (χ1v) is 6.31. The number of hydrogen-bond donors (Lipinski definition) is 0. The number of carbonyl (C=O) groups is 1. The largest absolute Gasteiger partial charge is 0.338 e. The summed E-state index contributed by atoms with van der Waals surface area (Å²) in [6.07, 6.45) is 4.49. The summed E-state index contributed by atoms with van der Waals surface area (Å²) in [5.74, 6) is 0.485. The Morgan fingerprint density at radius 3 is 2.89 bits per heavy atom. The maximum absolute atomic E-state index is 13.1. The minimum absolute atomic E-state index is 0.0151. The summed E-state index contributed by atoms with van der Waals surface area (Å²) in [5.41, 5.74) is 0.512. The molecule has 0 aliphatic carbocycles. The van der Waals surface area contributed by atoms with Crippen molar-refractivity contribution in [2.24, 2.45) is 7.05 Å². The minimum Gasteiger partial charge on any atom is -0.338 e. The predicted octanol–water partition coefficient (Wildman–Crippen LogP) is 3.14. The van der Waals surface area contributed by atoms with Crippen molar-refractivity contribution in [3.63, 3.8) is 0 Å². The molecule has 18 heavy (non-hydrogen) atoms. The number of nitrogens with zero attached hydrogens (tertiary/aromatic N) is 2. The highest BCUT2D eigenvalue weighted by Crippen LogP contribution is 2.18. The van der Waals surface area contributed by atoms with E-state index in [0.29, 0.717) is 22.9 Å². The molecule has 0 spiro atoms. The van der Waals surface area contributed by atoms with Gasteiger partial charge in [-0.05, 0) is 34.1 Å². The molecular weight excluding hydrogens is 299 g/mol. The number of Topliss-reactive ketones (excluding diaryl/α,β-unsaturated/α-hetero) is 1. The van der Waals surface area contributed by atoms with Crippen LogP contribution in [-0.2, 0) is 13.5 Å². The molecule has 0 atom stereocenters. The van der Waals surface area contributed by atoms with E-state index in [0.717, 1.165) is 5.82 Å². The second kappa shape index (κ2) is 5.44. The third-order valence-electron chi connectivity index (χ3n) is 2.74. The average molecular weight is 311 g/mol. The summed E-state index contributed by atoms with van der Waals surface area (Å²) >= 11 is 3.07. The standard InChI is InChI=1S/C13H12BrFN2O/c1-17-7-6-16-13(17)5-4-12(18)9-2-3-11(15)10(14)8-9/h2-3,6-8H,4-5H2,1H3. The van der Waals surface area contributed by atoms with Gasteiger partial charge >= 0.3 is 0 Å². The lowest BCUT2D eigenvalue weighted by Gasteiger charge is -2.03. The van der Waals surface area contributed by atoms with Crippen LogP contribution in [0.3, 0.4) is 0 Å². The zero-order valence-electron chi connectivity index (χ0n) is 9.86. The molecule has 2 aromatic rings. The van der Waals surface area contributed by atoms with Crippen LogP contribution in [0.1, 0.15) is 22.6 Å². The summed E-state index contributed by atoms with van der Waals surface area (Å²) in [6, 6.07) is 4.30. The van der Waals surface area contributed by atoms with Gasteiger partial charge in [0.1, 0.15) is 11.6 Å². The summed E-state index contributed by atoms with van der Waals surface area (Å²) in [6.45, 7) is 0. The fourth-order valence-corrected chi connectivity index (χ4v) is 2.06. The number of imidazole rings is 1. The van der Waals surface area contributed by atoms with Gasteiger partial charge in [-0.2, -0.15) is 0 Å². The maximum atomic E-state index is 13.1. The van der Waals surface area contributed by atoms with Crippen molar-refractivity contribution in [3.8, 4) is 0 Å². The van der Waals surface area contributed by atoms with Crippen molar-refractivity contribution in [1.82, 2.24) is 9.55 Å². The smallest absolute Gasteiger partial charge is 0.163 e. The Balaban J connectivity index is 2.04. The van der Waals surface area contributed by atoms with Gasteiger partial charge in [0.05, 0.1) is 4.47 Å². The van der Waals surface area contributed by atoms with Crippen molar-refractivity contribution in [2.45, 2.75) is 12.8 Å². The molecular formula is C13H12BrFN2O. The molecule has 0 bridgehead atoms. The number of aryl methyl sites for hydroxylation is 2. The third kappa shape index (κ3) is 2.85. The normalized spacial score (nSPS) is 10.6. The highest BCUT2D eigenvalue weighted by atomic mass is 79.9. The molecule has 0 amide bonds. The van der Waals surface area contributed by atoms with Gasteiger partial charge in [0, 0.05) is 37.8 Å². The van der Waals surface area contributed by atoms with Gasteiger partial charge in [0.25, 0.3) is 0 Å². The Bertz CT molecular complexity index is 580. The Hall–Kier alpha value is -1.49. The number of rotatable bonds is 4. The Morgan fingerprint density at radius 1 is 1.50 bits per heavy atom. The van der Waals surface area contributed by atoms with Crippen molar-refractivity contribution in [1.29, 1.82) is 0 Å². The molecule has 0 N–H and O–H groups in total. The average Bonchev–Trinajstić information content (AvgIpc) is 2.75. The predicted molar refractivity (Wildman–Crippen MR) is 70.0 cm³/mol. The monoisotopic (exact) mass is 310 g/mol. The van der Waals surface area contributed by atoms with E-state index in [9.17, 15) is 9.18 Å². The van der Waals surface area contributed by atoms with E-state index in [1.807, 2.05) is 17.8 Å². The van der Waals surface area contributed by atoms with Crippen LogP contribution in [0.4, 0.5) is 4.39 Å². The topological polar surface area (TPSA) is 34.9 Å². The molecule has 0 unspecified atom stereocenters. The van der Waals surface area contributed by atoms with E-state index in [4.69, 9.17) is 0 Å². The van der Waals surface area contributed by atoms with Crippen LogP contribution < -0.4 is 0 Å². The van der Waals surface area contributed by atoms with Crippen molar-refractivity contribution in [2.75, 3.05) is 0 Å². The Kier molecular flexibility index (Phi) is 3.91. The second-order valence-electron chi connectivity index (χ2n) is 4.01. The van der Waals surface area contributed by atoms with Gasteiger partial charge in [0.15, 0.2) is 5.78 Å². The highest BCUT2D eigenvalue weighted by molar-refractivity contribution is 9.10. The lowest BCUT2D eigenvalue weighted by Crippen LogP contribution is -2.05. The number of ketones is 1. The number of halogens is 2. The van der Waals surface area contributed by atoms with Crippen LogP contribution in [0.15, 0.2) is 35.1 Å². The lowest BCUT2D eigenvalue weighted by atomic mass is 10.1. The summed E-state index contributed by atoms with van der Waals surface area (Å²) < 4.78 is 15.2. The first-order valence-electron chi connectivity index (χ1n) is 5.52. The first kappa shape index (κ1) is 13.0. The highest BCUT2D eigenvalue weighted by Gasteiger charge is 2.10. The van der Waals surface area contributed by atoms with E-state index in [-0.39, 0.29) is 11.6 Å². The fourth-order valence-electron chi connectivity index (χ4n) is 1.68. The van der Waals surface area contributed by atoms with Crippen molar-refractivity contribution < 1.29 is 9.18 Å². The third-order valence-corrected chi connectivity index (χ3v) is 3.35. The van der Waals surface area contributed by atoms with E-state index < -0.39 is 0 Å². The molecule has 1 heterocycles. The van der Waals surface area contributed by atoms with E-state index in [1.54, 1.807) is 6.20 Å². The number of benzene rings is 1. The second-order valence-corrected chi connectivity index (χ2v) is 4.86. The molecule has 0 aliphatic heterocycles. The van der Waals surface area contributed by atoms with Gasteiger partial charge in [-0.3, -0.25) is 4.79 Å². The molecule has 1 aromatic carbocycles. The first-order chi connectivity index (χ1) is 8.58. The van der Waals surface area contributed by atoms with Gasteiger partial charge in [-0.25, -0.2) is 9.37 Å². The van der Waals surface area contributed by atoms with E-state index >= 15 is 0 Å². The van der Waals surface area contributed by atoms with E-state index in [2.05, 4.69) is 20.9 Å². The lowest BCUT2D eigenvalue weighted by molar-refractivity contribution is 0.0982. The molecule has 1 aromatic heterocycles. The van der Waals surface area contributed by atoms with Crippen LogP contribution in [0.2, 0.25) is 0 Å². The zero-order valence-corrected chi connectivity index (χ0v) is 11.4. The molecule has 3 nitrogen and oxygen atoms in total. The van der Waals surface area contributed by atoms with Gasteiger partial charge in [0.2, 0.25) is 0 Å². The van der Waals surface area contributed by atoms with Crippen molar-refractivity contribution >= 4 is 21.7 Å². The summed E-state index contributed by atoms with van der Waals surface area (Å²) in [7, 11) is 1.89. The van der Waals surface area contributed by atoms with Crippen LogP contribution in [0.5, 0.6) is 0 Å².